The molecule has 0 radical (unpaired) electrons. The first kappa shape index (κ1) is 31.2. The Kier molecular flexibility index (Phi) is 10.7. The van der Waals surface area contributed by atoms with Crippen molar-refractivity contribution >= 4 is 40.0 Å². The van der Waals surface area contributed by atoms with Crippen LogP contribution in [0.3, 0.4) is 0 Å². The molecule has 0 spiro atoms. The van der Waals surface area contributed by atoms with Gasteiger partial charge in [-0.05, 0) is 77.1 Å². The Morgan fingerprint density at radius 3 is 2.40 bits per heavy atom. The third-order valence-corrected chi connectivity index (χ3v) is 7.93. The van der Waals surface area contributed by atoms with Gasteiger partial charge >= 0.3 is 6.03 Å². The van der Waals surface area contributed by atoms with E-state index in [-0.39, 0.29) is 11.9 Å². The average Bonchev–Trinajstić information content (AvgIpc) is 3.43. The summed E-state index contributed by atoms with van der Waals surface area (Å²) in [5.41, 5.74) is 3.25. The molecule has 2 aromatic heterocycles. The molecule has 4 heterocycles. The molecule has 0 bridgehead atoms. The van der Waals surface area contributed by atoms with Crippen molar-refractivity contribution < 1.29 is 9.59 Å². The second-order valence-electron chi connectivity index (χ2n) is 11.2. The lowest BCUT2D eigenvalue weighted by molar-refractivity contribution is 0.0707. The number of H-pyrrole nitrogens is 1. The molecule has 0 aliphatic carbocycles. The number of likely N-dealkylation sites (tertiary alicyclic amines) is 1. The number of rotatable bonds is 7. The summed E-state index contributed by atoms with van der Waals surface area (Å²) >= 11 is 0. The minimum atomic E-state index is -0.0823. The Balaban J connectivity index is 0.00000198. The zero-order valence-electron chi connectivity index (χ0n) is 26.1. The number of carbonyl (C=O) groups is 2. The highest BCUT2D eigenvalue weighted by Crippen LogP contribution is 2.29. The maximum atomic E-state index is 13.4. The monoisotopic (exact) mass is 576 g/mol. The number of pyridine rings is 1. The SMILES string of the molecule is CC.CCN(c1ncccc1NC(C)C)C1CCN(C(=O)c2cc3cc(NC(=O)N4CCN(C)CC4)ccc3[nH]2)CC1. The fourth-order valence-corrected chi connectivity index (χ4v) is 5.72. The maximum absolute atomic E-state index is 13.4. The van der Waals surface area contributed by atoms with Gasteiger partial charge in [-0.15, -0.1) is 0 Å². The van der Waals surface area contributed by atoms with Crippen LogP contribution in [0.1, 0.15) is 57.9 Å². The van der Waals surface area contributed by atoms with E-state index in [1.54, 1.807) is 0 Å². The third-order valence-electron chi connectivity index (χ3n) is 7.93. The van der Waals surface area contributed by atoms with Gasteiger partial charge in [0.15, 0.2) is 5.82 Å². The number of aromatic amines is 1. The van der Waals surface area contributed by atoms with E-state index in [9.17, 15) is 9.59 Å². The number of hydrogen-bond donors (Lipinski definition) is 3. The number of likely N-dealkylation sites (N-methyl/N-ethyl adjacent to an activating group) is 1. The van der Waals surface area contributed by atoms with Crippen LogP contribution in [0.15, 0.2) is 42.6 Å². The fraction of sp³-hybridized carbons (Fsp3) is 0.531. The second kappa shape index (κ2) is 14.4. The standard InChI is InChI=1S/C30H42N8O2.C2H6/c1-5-38(28-26(32-21(2)3)7-6-12-31-28)24-10-13-36(14-11-24)29(39)27-20-22-19-23(8-9-25(22)34-27)33-30(40)37-17-15-35(4)16-18-37;1-2/h6-9,12,19-21,24,32,34H,5,10-11,13-18H2,1-4H3,(H,33,40);1-2H3. The van der Waals surface area contributed by atoms with Gasteiger partial charge in [-0.2, -0.15) is 0 Å². The molecule has 0 unspecified atom stereocenters. The van der Waals surface area contributed by atoms with Gasteiger partial charge in [0.25, 0.3) is 5.91 Å². The number of anilines is 3. The normalized spacial score (nSPS) is 16.3. The molecule has 42 heavy (non-hydrogen) atoms. The van der Waals surface area contributed by atoms with Gasteiger partial charge in [0.05, 0.1) is 5.69 Å². The highest BCUT2D eigenvalue weighted by Gasteiger charge is 2.29. The molecule has 2 aliphatic rings. The first-order valence-corrected chi connectivity index (χ1v) is 15.5. The molecule has 2 aliphatic heterocycles. The molecule has 228 valence electrons. The van der Waals surface area contributed by atoms with Crippen LogP contribution in [0.2, 0.25) is 0 Å². The Morgan fingerprint density at radius 1 is 1.02 bits per heavy atom. The molecule has 5 rings (SSSR count). The highest BCUT2D eigenvalue weighted by atomic mass is 16.2. The van der Waals surface area contributed by atoms with Crippen LogP contribution in [0.4, 0.5) is 22.0 Å². The number of piperazine rings is 1. The van der Waals surface area contributed by atoms with Crippen molar-refractivity contribution in [3.8, 4) is 0 Å². The lowest BCUT2D eigenvalue weighted by Gasteiger charge is -2.39. The van der Waals surface area contributed by atoms with Gasteiger partial charge in [0, 0.05) is 80.7 Å². The molecule has 3 N–H and O–H groups in total. The predicted octanol–water partition coefficient (Wildman–Crippen LogP) is 5.32. The van der Waals surface area contributed by atoms with Crippen molar-refractivity contribution in [1.82, 2.24) is 24.7 Å². The maximum Gasteiger partial charge on any atom is 0.321 e. The van der Waals surface area contributed by atoms with Crippen LogP contribution in [0.5, 0.6) is 0 Å². The number of carbonyl (C=O) groups excluding carboxylic acids is 2. The number of fused-ring (bicyclic) bond motifs is 1. The topological polar surface area (TPSA) is 99.8 Å². The van der Waals surface area contributed by atoms with Gasteiger partial charge in [-0.3, -0.25) is 4.79 Å². The van der Waals surface area contributed by atoms with E-state index in [0.29, 0.717) is 30.9 Å². The van der Waals surface area contributed by atoms with Crippen LogP contribution in [-0.4, -0.2) is 102 Å². The van der Waals surface area contributed by atoms with E-state index in [0.717, 1.165) is 73.7 Å². The number of benzene rings is 1. The Hall–Kier alpha value is -3.79. The van der Waals surface area contributed by atoms with Crippen LogP contribution in [0, 0.1) is 0 Å². The first-order chi connectivity index (χ1) is 20.3. The van der Waals surface area contributed by atoms with E-state index in [4.69, 9.17) is 4.98 Å². The quantitative estimate of drug-likeness (QED) is 0.352. The molecular weight excluding hydrogens is 528 g/mol. The number of urea groups is 1. The zero-order chi connectivity index (χ0) is 30.2. The third kappa shape index (κ3) is 7.34. The Labute approximate surface area is 250 Å². The van der Waals surface area contributed by atoms with E-state index in [2.05, 4.69) is 59.3 Å². The van der Waals surface area contributed by atoms with Crippen molar-refractivity contribution in [2.24, 2.45) is 0 Å². The van der Waals surface area contributed by atoms with Gasteiger partial charge in [0.2, 0.25) is 0 Å². The van der Waals surface area contributed by atoms with Crippen LogP contribution in [0.25, 0.3) is 10.9 Å². The van der Waals surface area contributed by atoms with E-state index < -0.39 is 0 Å². The lowest BCUT2D eigenvalue weighted by atomic mass is 10.0. The van der Waals surface area contributed by atoms with Crippen molar-refractivity contribution in [2.45, 2.75) is 59.5 Å². The summed E-state index contributed by atoms with van der Waals surface area (Å²) in [7, 11) is 2.07. The smallest absolute Gasteiger partial charge is 0.321 e. The summed E-state index contributed by atoms with van der Waals surface area (Å²) in [6, 6.07) is 12.2. The average molecular weight is 577 g/mol. The van der Waals surface area contributed by atoms with Crippen LogP contribution < -0.4 is 15.5 Å². The fourth-order valence-electron chi connectivity index (χ4n) is 5.72. The lowest BCUT2D eigenvalue weighted by Crippen LogP contribution is -2.48. The van der Waals surface area contributed by atoms with Gasteiger partial charge in [0.1, 0.15) is 5.69 Å². The van der Waals surface area contributed by atoms with Gasteiger partial charge in [-0.1, -0.05) is 13.8 Å². The zero-order valence-corrected chi connectivity index (χ0v) is 26.1. The van der Waals surface area contributed by atoms with E-state index in [1.165, 1.54) is 0 Å². The van der Waals surface area contributed by atoms with Crippen molar-refractivity contribution in [3.63, 3.8) is 0 Å². The van der Waals surface area contributed by atoms with Crippen molar-refractivity contribution in [1.29, 1.82) is 0 Å². The number of nitrogens with one attached hydrogen (secondary N) is 3. The first-order valence-electron chi connectivity index (χ1n) is 15.5. The molecule has 10 heteroatoms. The number of amides is 3. The summed E-state index contributed by atoms with van der Waals surface area (Å²) in [5.74, 6) is 0.996. The Bertz CT molecular complexity index is 1320. The summed E-state index contributed by atoms with van der Waals surface area (Å²) in [5, 5.41) is 7.44. The summed E-state index contributed by atoms with van der Waals surface area (Å²) < 4.78 is 0. The van der Waals surface area contributed by atoms with Crippen molar-refractivity contribution in [2.75, 3.05) is 68.4 Å². The molecule has 3 aromatic rings. The van der Waals surface area contributed by atoms with Crippen LogP contribution >= 0.6 is 0 Å². The van der Waals surface area contributed by atoms with Gasteiger partial charge < -0.3 is 35.2 Å². The minimum Gasteiger partial charge on any atom is -0.380 e. The minimum absolute atomic E-state index is 0.0146. The second-order valence-corrected chi connectivity index (χ2v) is 11.2. The Morgan fingerprint density at radius 2 is 1.74 bits per heavy atom. The predicted molar refractivity (Wildman–Crippen MR) is 173 cm³/mol. The van der Waals surface area contributed by atoms with E-state index >= 15 is 0 Å². The van der Waals surface area contributed by atoms with E-state index in [1.807, 2.05) is 60.2 Å². The molecular formula is C32H48N8O2. The molecule has 3 amide bonds. The number of piperidine rings is 1. The number of nitrogens with zero attached hydrogens (tertiary/aromatic N) is 5. The number of hydrogen-bond acceptors (Lipinski definition) is 6. The molecule has 10 nitrogen and oxygen atoms in total. The highest BCUT2D eigenvalue weighted by molar-refractivity contribution is 5.99. The largest absolute Gasteiger partial charge is 0.380 e. The van der Waals surface area contributed by atoms with Crippen LogP contribution in [-0.2, 0) is 0 Å². The summed E-state index contributed by atoms with van der Waals surface area (Å²) in [6.45, 7) is 15.9. The molecule has 2 saturated heterocycles. The summed E-state index contributed by atoms with van der Waals surface area (Å²) in [6.07, 6.45) is 3.63. The summed E-state index contributed by atoms with van der Waals surface area (Å²) in [4.78, 5) is 42.5. The number of aromatic nitrogens is 2. The molecule has 2 fully saturated rings. The molecule has 0 atom stereocenters. The van der Waals surface area contributed by atoms with Crippen molar-refractivity contribution in [3.05, 3.63) is 48.3 Å². The van der Waals surface area contributed by atoms with Gasteiger partial charge in [-0.25, -0.2) is 9.78 Å². The molecule has 0 saturated carbocycles. The molecule has 1 aromatic carbocycles.